The van der Waals surface area contributed by atoms with Crippen LogP contribution in [0.5, 0.6) is 0 Å². The van der Waals surface area contributed by atoms with Gasteiger partial charge in [0.25, 0.3) is 0 Å². The maximum Gasteiger partial charge on any atom is 0.147 e. The van der Waals surface area contributed by atoms with Gasteiger partial charge < -0.3 is 0 Å². The first kappa shape index (κ1) is 35.5. The van der Waals surface area contributed by atoms with Gasteiger partial charge in [-0.2, -0.15) is 0 Å². The minimum atomic E-state index is -2.79. The Morgan fingerprint density at radius 3 is 1.10 bits per heavy atom. The number of rotatable bonds is 12. The third-order valence-electron chi connectivity index (χ3n) is 6.08. The highest BCUT2D eigenvalue weighted by Crippen LogP contribution is 2.26. The summed E-state index contributed by atoms with van der Waals surface area (Å²) >= 11 is 0. The normalized spacial score (nSPS) is 12.3. The molecule has 0 bridgehead atoms. The minimum absolute atomic E-state index is 0.327. The van der Waals surface area contributed by atoms with E-state index in [0.717, 1.165) is 36.0 Å². The van der Waals surface area contributed by atoms with Crippen molar-refractivity contribution in [2.24, 2.45) is 47.3 Å². The molecule has 0 unspecified atom stereocenters. The second-order valence-corrected chi connectivity index (χ2v) is 14.1. The third-order valence-corrected chi connectivity index (χ3v) is 7.06. The van der Waals surface area contributed by atoms with Gasteiger partial charge in [0.05, 0.1) is 5.75 Å². The molecule has 2 nitrogen and oxygen atoms in total. The molecule has 0 heterocycles. The summed E-state index contributed by atoms with van der Waals surface area (Å²) in [5.41, 5.74) is 0. The molecule has 0 saturated carbocycles. The maximum atomic E-state index is 11.0. The van der Waals surface area contributed by atoms with E-state index < -0.39 is 9.84 Å². The molecule has 0 spiro atoms. The van der Waals surface area contributed by atoms with E-state index in [0.29, 0.717) is 23.5 Å². The highest BCUT2D eigenvalue weighted by molar-refractivity contribution is 7.90. The lowest BCUT2D eigenvalue weighted by Gasteiger charge is -2.24. The fraction of sp³-hybridized carbons (Fsp3) is 1.00. The zero-order chi connectivity index (χ0) is 25.4. The van der Waals surface area contributed by atoms with Gasteiger partial charge in [0.15, 0.2) is 0 Å². The Kier molecular flexibility index (Phi) is 22.3. The number of sulfone groups is 1. The Morgan fingerprint density at radius 2 is 0.903 bits per heavy atom. The summed E-state index contributed by atoms with van der Waals surface area (Å²) in [6.45, 7) is 29.4. The standard InChI is InChI=1S/C11H24.C10H22O2S.C7H16/c1-6-7-8-11(9(2)3)10(4)5;1-8(2)10(9(3)4)6-7-13(5,11)12;1-6(2)5-7(3)4/h9-11H,6-8H2,1-5H3;8-10H,6-7H2,1-5H3;6-7H,5H2,1-4H3. The quantitative estimate of drug-likeness (QED) is 0.289. The minimum Gasteiger partial charge on any atom is -0.229 e. The first-order chi connectivity index (χ1) is 14.0. The van der Waals surface area contributed by atoms with Gasteiger partial charge in [0, 0.05) is 6.26 Å². The molecule has 0 aliphatic heterocycles. The second-order valence-electron chi connectivity index (χ2n) is 11.9. The topological polar surface area (TPSA) is 34.1 Å². The van der Waals surface area contributed by atoms with Crippen LogP contribution in [0.1, 0.15) is 122 Å². The van der Waals surface area contributed by atoms with Crippen molar-refractivity contribution < 1.29 is 8.42 Å². The zero-order valence-corrected chi connectivity index (χ0v) is 24.9. The summed E-state index contributed by atoms with van der Waals surface area (Å²) in [7, 11) is -2.79. The van der Waals surface area contributed by atoms with E-state index >= 15 is 0 Å². The van der Waals surface area contributed by atoms with E-state index in [1.165, 1.54) is 31.9 Å². The Hall–Kier alpha value is -0.0500. The molecule has 0 N–H and O–H groups in total. The summed E-state index contributed by atoms with van der Waals surface area (Å²) < 4.78 is 22.0. The Morgan fingerprint density at radius 1 is 0.581 bits per heavy atom. The average Bonchev–Trinajstić information content (AvgIpc) is 2.52. The molecular formula is C28H62O2S. The molecule has 0 rings (SSSR count). The molecule has 0 aliphatic rings. The van der Waals surface area contributed by atoms with Gasteiger partial charge in [-0.15, -0.1) is 0 Å². The van der Waals surface area contributed by atoms with Crippen LogP contribution in [0, 0.1) is 47.3 Å². The van der Waals surface area contributed by atoms with Crippen LogP contribution >= 0.6 is 0 Å². The van der Waals surface area contributed by atoms with E-state index in [1.807, 2.05) is 0 Å². The number of unbranched alkanes of at least 4 members (excludes halogenated alkanes) is 1. The molecule has 0 radical (unpaired) electrons. The molecule has 0 saturated heterocycles. The summed E-state index contributed by atoms with van der Waals surface area (Å²) in [6, 6.07) is 0. The summed E-state index contributed by atoms with van der Waals surface area (Å²) in [5, 5.41) is 0. The van der Waals surface area contributed by atoms with Gasteiger partial charge in [-0.3, -0.25) is 0 Å². The van der Waals surface area contributed by atoms with Crippen molar-refractivity contribution in [1.82, 2.24) is 0 Å². The smallest absolute Gasteiger partial charge is 0.147 e. The SMILES string of the molecule is CC(C)C(CCS(C)(=O)=O)C(C)C.CC(C)CC(C)C.CCCCC(C(C)C)C(C)C. The van der Waals surface area contributed by atoms with Crippen molar-refractivity contribution in [3.8, 4) is 0 Å². The average molecular weight is 463 g/mol. The van der Waals surface area contributed by atoms with E-state index in [9.17, 15) is 8.42 Å². The number of hydrogen-bond donors (Lipinski definition) is 0. The molecule has 0 fully saturated rings. The van der Waals surface area contributed by atoms with Gasteiger partial charge in [-0.05, 0) is 66.6 Å². The van der Waals surface area contributed by atoms with Crippen molar-refractivity contribution in [2.45, 2.75) is 122 Å². The van der Waals surface area contributed by atoms with Gasteiger partial charge in [0.1, 0.15) is 9.84 Å². The fourth-order valence-corrected chi connectivity index (χ4v) is 5.31. The van der Waals surface area contributed by atoms with Crippen molar-refractivity contribution in [3.63, 3.8) is 0 Å². The van der Waals surface area contributed by atoms with E-state index in [1.54, 1.807) is 0 Å². The summed E-state index contributed by atoms with van der Waals surface area (Å²) in [5.74, 6) is 6.41. The van der Waals surface area contributed by atoms with Crippen molar-refractivity contribution in [2.75, 3.05) is 12.0 Å². The molecule has 0 amide bonds. The van der Waals surface area contributed by atoms with Crippen molar-refractivity contribution in [3.05, 3.63) is 0 Å². The summed E-state index contributed by atoms with van der Waals surface area (Å²) in [4.78, 5) is 0. The highest BCUT2D eigenvalue weighted by Gasteiger charge is 2.19. The zero-order valence-electron chi connectivity index (χ0n) is 24.1. The monoisotopic (exact) mass is 462 g/mol. The molecule has 0 aromatic carbocycles. The van der Waals surface area contributed by atoms with Crippen LogP contribution in [0.15, 0.2) is 0 Å². The van der Waals surface area contributed by atoms with E-state index in [2.05, 4.69) is 90.0 Å². The molecular weight excluding hydrogens is 400 g/mol. The van der Waals surface area contributed by atoms with Crippen LogP contribution in [-0.2, 0) is 9.84 Å². The van der Waals surface area contributed by atoms with Gasteiger partial charge >= 0.3 is 0 Å². The van der Waals surface area contributed by atoms with Gasteiger partial charge in [-0.1, -0.05) is 103 Å². The van der Waals surface area contributed by atoms with E-state index in [-0.39, 0.29) is 0 Å². The molecule has 192 valence electrons. The lowest BCUT2D eigenvalue weighted by atomic mass is 9.82. The van der Waals surface area contributed by atoms with Crippen molar-refractivity contribution in [1.29, 1.82) is 0 Å². The molecule has 0 aliphatic carbocycles. The van der Waals surface area contributed by atoms with Crippen LogP contribution in [-0.4, -0.2) is 20.4 Å². The van der Waals surface area contributed by atoms with Gasteiger partial charge in [0.2, 0.25) is 0 Å². The highest BCUT2D eigenvalue weighted by atomic mass is 32.2. The predicted molar refractivity (Wildman–Crippen MR) is 144 cm³/mol. The Bertz CT molecular complexity index is 451. The molecule has 31 heavy (non-hydrogen) atoms. The molecule has 0 atom stereocenters. The van der Waals surface area contributed by atoms with Crippen LogP contribution in [0.25, 0.3) is 0 Å². The lowest BCUT2D eigenvalue weighted by molar-refractivity contribution is 0.263. The van der Waals surface area contributed by atoms with Crippen LogP contribution < -0.4 is 0 Å². The van der Waals surface area contributed by atoms with Crippen LogP contribution in [0.3, 0.4) is 0 Å². The van der Waals surface area contributed by atoms with Gasteiger partial charge in [-0.25, -0.2) is 8.42 Å². The van der Waals surface area contributed by atoms with E-state index in [4.69, 9.17) is 0 Å². The van der Waals surface area contributed by atoms with Crippen LogP contribution in [0.2, 0.25) is 0 Å². The second kappa shape index (κ2) is 19.4. The fourth-order valence-electron chi connectivity index (χ4n) is 4.61. The van der Waals surface area contributed by atoms with Crippen LogP contribution in [0.4, 0.5) is 0 Å². The number of hydrogen-bond acceptors (Lipinski definition) is 2. The molecule has 0 aromatic rings. The third kappa shape index (κ3) is 26.1. The Labute approximate surface area is 199 Å². The Balaban J connectivity index is -0.000000397. The van der Waals surface area contributed by atoms with Crippen molar-refractivity contribution >= 4 is 9.84 Å². The molecule has 0 aromatic heterocycles. The largest absolute Gasteiger partial charge is 0.229 e. The first-order valence-electron chi connectivity index (χ1n) is 13.1. The maximum absolute atomic E-state index is 11.0. The summed E-state index contributed by atoms with van der Waals surface area (Å²) in [6.07, 6.45) is 7.64. The predicted octanol–water partition coefficient (Wildman–Crippen LogP) is 9.14. The molecule has 3 heteroatoms. The first-order valence-corrected chi connectivity index (χ1v) is 15.2. The lowest BCUT2D eigenvalue weighted by Crippen LogP contribution is -2.19.